The maximum atomic E-state index is 14.5. The van der Waals surface area contributed by atoms with Gasteiger partial charge in [-0.2, -0.15) is 0 Å². The second-order valence-electron chi connectivity index (χ2n) is 9.14. The number of unbranched alkanes of at least 4 members (excludes halogenated alkanes) is 7. The number of fused-ring (bicyclic) bond motifs is 3. The first kappa shape index (κ1) is 23.6. The summed E-state index contributed by atoms with van der Waals surface area (Å²) in [6, 6.07) is 18.7. The molecule has 4 rings (SSSR count). The smallest absolute Gasteiger partial charge is 0.198 e. The average molecular weight is 461 g/mol. The number of hydrogen-bond donors (Lipinski definition) is 0. The second-order valence-corrected chi connectivity index (χ2v) is 9.52. The first-order valence-electron chi connectivity index (χ1n) is 12.3. The van der Waals surface area contributed by atoms with Gasteiger partial charge in [-0.15, -0.1) is 0 Å². The highest BCUT2D eigenvalue weighted by molar-refractivity contribution is 7.71. The number of aryl methyl sites for hydroxylation is 2. The molecule has 33 heavy (non-hydrogen) atoms. The summed E-state index contributed by atoms with van der Waals surface area (Å²) in [4.78, 5) is 0. The third-order valence-corrected chi connectivity index (χ3v) is 6.92. The molecule has 0 aliphatic heterocycles. The lowest BCUT2D eigenvalue weighted by molar-refractivity contribution is 0.542. The molecule has 0 radical (unpaired) electrons. The Labute approximate surface area is 201 Å². The highest BCUT2D eigenvalue weighted by atomic mass is 32.1. The Morgan fingerprint density at radius 3 is 2.09 bits per heavy atom. The highest BCUT2D eigenvalue weighted by Crippen LogP contribution is 2.33. The molecule has 0 saturated carbocycles. The zero-order valence-corrected chi connectivity index (χ0v) is 20.6. The minimum Gasteiger partial charge on any atom is -0.441 e. The summed E-state index contributed by atoms with van der Waals surface area (Å²) < 4.78 is 20.6. The summed E-state index contributed by atoms with van der Waals surface area (Å²) in [5.74, 6) is -0.336. The largest absolute Gasteiger partial charge is 0.441 e. The summed E-state index contributed by atoms with van der Waals surface area (Å²) in [6.07, 6.45) is 11.9. The Morgan fingerprint density at radius 2 is 1.36 bits per heavy atom. The molecule has 1 nitrogen and oxygen atoms in total. The Kier molecular flexibility index (Phi) is 7.93. The van der Waals surface area contributed by atoms with Crippen LogP contribution in [0, 0.1) is 17.4 Å². The summed E-state index contributed by atoms with van der Waals surface area (Å²) in [5.41, 5.74) is 4.44. The topological polar surface area (TPSA) is 13.1 Å². The van der Waals surface area contributed by atoms with E-state index in [1.54, 1.807) is 13.0 Å². The normalized spacial score (nSPS) is 11.5. The van der Waals surface area contributed by atoms with Crippen molar-refractivity contribution in [3.63, 3.8) is 0 Å². The molecule has 0 N–H and O–H groups in total. The predicted octanol–water partition coefficient (Wildman–Crippen LogP) is 10.1. The van der Waals surface area contributed by atoms with Gasteiger partial charge < -0.3 is 4.42 Å². The second kappa shape index (κ2) is 11.1. The molecule has 4 aromatic rings. The van der Waals surface area contributed by atoms with Crippen LogP contribution in [0.2, 0.25) is 0 Å². The van der Waals surface area contributed by atoms with Crippen LogP contribution in [0.1, 0.15) is 69.4 Å². The van der Waals surface area contributed by atoms with Crippen LogP contribution in [0.4, 0.5) is 4.39 Å². The van der Waals surface area contributed by atoms with Crippen LogP contribution in [0.3, 0.4) is 0 Å². The van der Waals surface area contributed by atoms with Crippen molar-refractivity contribution in [1.82, 2.24) is 0 Å². The SMILES string of the molecule is CCCCCCCCCCc1ccc(-c2ccc3c(c2)c(=S)oc2c(F)c(C)ccc23)cc1. The van der Waals surface area contributed by atoms with E-state index in [-0.39, 0.29) is 11.4 Å². The summed E-state index contributed by atoms with van der Waals surface area (Å²) in [7, 11) is 0. The third-order valence-electron chi connectivity index (χ3n) is 6.62. The number of benzene rings is 3. The highest BCUT2D eigenvalue weighted by Gasteiger charge is 2.12. The molecule has 172 valence electrons. The maximum Gasteiger partial charge on any atom is 0.198 e. The molecule has 1 aromatic heterocycles. The Bertz CT molecular complexity index is 1290. The van der Waals surface area contributed by atoms with Gasteiger partial charge in [-0.3, -0.25) is 0 Å². The minimum absolute atomic E-state index is 0.241. The molecule has 0 aliphatic rings. The van der Waals surface area contributed by atoms with Gasteiger partial charge in [-0.05, 0) is 65.7 Å². The monoisotopic (exact) mass is 460 g/mol. The molecule has 0 spiro atoms. The molecular formula is C30H33FOS. The molecule has 0 bridgehead atoms. The van der Waals surface area contributed by atoms with Gasteiger partial charge in [-0.1, -0.05) is 100 Å². The Balaban J connectivity index is 1.45. The summed E-state index contributed by atoms with van der Waals surface area (Å²) in [6.45, 7) is 4.00. The molecule has 0 unspecified atom stereocenters. The number of halogens is 1. The lowest BCUT2D eigenvalue weighted by Crippen LogP contribution is -1.89. The third kappa shape index (κ3) is 5.52. The van der Waals surface area contributed by atoms with Crippen LogP contribution < -0.4 is 0 Å². The van der Waals surface area contributed by atoms with E-state index in [2.05, 4.69) is 43.3 Å². The average Bonchev–Trinajstić information content (AvgIpc) is 2.84. The van der Waals surface area contributed by atoms with Gasteiger partial charge >= 0.3 is 0 Å². The van der Waals surface area contributed by atoms with E-state index < -0.39 is 0 Å². The predicted molar refractivity (Wildman–Crippen MR) is 141 cm³/mol. The van der Waals surface area contributed by atoms with E-state index in [4.69, 9.17) is 16.6 Å². The Morgan fingerprint density at radius 1 is 0.727 bits per heavy atom. The fourth-order valence-corrected chi connectivity index (χ4v) is 4.82. The number of hydrogen-bond acceptors (Lipinski definition) is 2. The quantitative estimate of drug-likeness (QED) is 0.133. The molecule has 3 aromatic carbocycles. The van der Waals surface area contributed by atoms with E-state index in [1.807, 2.05) is 12.1 Å². The van der Waals surface area contributed by atoms with Gasteiger partial charge in [-0.25, -0.2) is 4.39 Å². The molecular weight excluding hydrogens is 427 g/mol. The van der Waals surface area contributed by atoms with Crippen LogP contribution in [0.15, 0.2) is 59.0 Å². The van der Waals surface area contributed by atoms with Crippen LogP contribution in [-0.2, 0) is 6.42 Å². The standard InChI is InChI=1S/C30H33FOS/c1-3-4-5-6-7-8-9-10-11-22-13-15-23(16-14-22)24-17-19-25-26-18-12-21(2)28(31)29(26)32-30(33)27(25)20-24/h12-20H,3-11H2,1-2H3. The number of rotatable bonds is 10. The molecule has 0 saturated heterocycles. The molecule has 0 amide bonds. The van der Waals surface area contributed by atoms with Crippen molar-refractivity contribution in [3.8, 4) is 11.1 Å². The van der Waals surface area contributed by atoms with Crippen LogP contribution in [0.25, 0.3) is 32.9 Å². The van der Waals surface area contributed by atoms with Crippen LogP contribution in [-0.4, -0.2) is 0 Å². The van der Waals surface area contributed by atoms with E-state index in [0.29, 0.717) is 10.3 Å². The van der Waals surface area contributed by atoms with Gasteiger partial charge in [0, 0.05) is 10.8 Å². The first-order valence-corrected chi connectivity index (χ1v) is 12.7. The first-order chi connectivity index (χ1) is 16.1. The van der Waals surface area contributed by atoms with E-state index in [1.165, 1.54) is 56.9 Å². The lowest BCUT2D eigenvalue weighted by Gasteiger charge is -2.09. The van der Waals surface area contributed by atoms with E-state index in [9.17, 15) is 4.39 Å². The van der Waals surface area contributed by atoms with Crippen LogP contribution >= 0.6 is 12.2 Å². The van der Waals surface area contributed by atoms with Crippen molar-refractivity contribution < 1.29 is 8.81 Å². The fraction of sp³-hybridized carbons (Fsp3) is 0.367. The molecule has 0 fully saturated rings. The van der Waals surface area contributed by atoms with Crippen molar-refractivity contribution >= 4 is 34.0 Å². The van der Waals surface area contributed by atoms with Crippen LogP contribution in [0.5, 0.6) is 0 Å². The molecule has 1 heterocycles. The molecule has 0 atom stereocenters. The van der Waals surface area contributed by atoms with E-state index in [0.717, 1.165) is 33.7 Å². The van der Waals surface area contributed by atoms with Crippen molar-refractivity contribution in [2.75, 3.05) is 0 Å². The zero-order valence-electron chi connectivity index (χ0n) is 19.8. The van der Waals surface area contributed by atoms with Crippen molar-refractivity contribution in [3.05, 3.63) is 76.2 Å². The van der Waals surface area contributed by atoms with Gasteiger partial charge in [0.05, 0.1) is 0 Å². The van der Waals surface area contributed by atoms with Crippen molar-refractivity contribution in [2.45, 2.75) is 71.6 Å². The molecule has 3 heteroatoms. The van der Waals surface area contributed by atoms with Gasteiger partial charge in [0.2, 0.25) is 0 Å². The van der Waals surface area contributed by atoms with Gasteiger partial charge in [0.1, 0.15) is 0 Å². The Hall–Kier alpha value is -2.52. The summed E-state index contributed by atoms with van der Waals surface area (Å²) in [5, 5.41) is 2.53. The lowest BCUT2D eigenvalue weighted by atomic mass is 9.98. The summed E-state index contributed by atoms with van der Waals surface area (Å²) >= 11 is 5.48. The van der Waals surface area contributed by atoms with Gasteiger partial charge in [0.15, 0.2) is 16.1 Å². The molecule has 0 aliphatic carbocycles. The van der Waals surface area contributed by atoms with Crippen molar-refractivity contribution in [2.24, 2.45) is 0 Å². The van der Waals surface area contributed by atoms with E-state index >= 15 is 0 Å². The van der Waals surface area contributed by atoms with Gasteiger partial charge in [0.25, 0.3) is 0 Å². The minimum atomic E-state index is -0.336. The van der Waals surface area contributed by atoms with Crippen molar-refractivity contribution in [1.29, 1.82) is 0 Å². The fourth-order valence-electron chi connectivity index (χ4n) is 4.57. The zero-order chi connectivity index (χ0) is 23.2. The maximum absolute atomic E-state index is 14.5.